The van der Waals surface area contributed by atoms with Gasteiger partial charge in [-0.3, -0.25) is 4.79 Å². The normalized spacial score (nSPS) is 12.6. The number of halogens is 1. The molecule has 0 unspecified atom stereocenters. The quantitative estimate of drug-likeness (QED) is 0.761. The number of H-pyrrole nitrogens is 1. The Labute approximate surface area is 143 Å². The van der Waals surface area contributed by atoms with Crippen molar-refractivity contribution < 1.29 is 14.3 Å². The number of carbonyl (C=O) groups excluding carboxylic acids is 1. The third kappa shape index (κ3) is 2.47. The standard InChI is InChI=1S/C18H15ClN2O3/c1-10-16(12-3-2-4-13(19)17(12)21-10)18(22)20-8-11-5-6-14-15(7-11)24-9-23-14/h2-7,21H,8-9H2,1H3,(H,20,22). The smallest absolute Gasteiger partial charge is 0.253 e. The number of hydrogen-bond donors (Lipinski definition) is 2. The van der Waals surface area contributed by atoms with Crippen molar-refractivity contribution in [3.8, 4) is 11.5 Å². The number of fused-ring (bicyclic) bond motifs is 2. The molecule has 0 atom stereocenters. The lowest BCUT2D eigenvalue weighted by atomic mass is 10.1. The van der Waals surface area contributed by atoms with Crippen LogP contribution in [0.1, 0.15) is 21.6 Å². The summed E-state index contributed by atoms with van der Waals surface area (Å²) in [4.78, 5) is 15.8. The van der Waals surface area contributed by atoms with Gasteiger partial charge in [-0.25, -0.2) is 0 Å². The van der Waals surface area contributed by atoms with E-state index in [9.17, 15) is 4.79 Å². The second kappa shape index (κ2) is 5.76. The zero-order chi connectivity index (χ0) is 16.7. The SMILES string of the molecule is Cc1[nH]c2c(Cl)cccc2c1C(=O)NCc1ccc2c(c1)OCO2. The summed E-state index contributed by atoms with van der Waals surface area (Å²) >= 11 is 6.19. The number of aromatic nitrogens is 1. The predicted molar refractivity (Wildman–Crippen MR) is 91.8 cm³/mol. The fourth-order valence-electron chi connectivity index (χ4n) is 2.93. The van der Waals surface area contributed by atoms with Crippen LogP contribution >= 0.6 is 11.6 Å². The third-order valence-corrected chi connectivity index (χ3v) is 4.40. The molecule has 1 aromatic heterocycles. The van der Waals surface area contributed by atoms with Gasteiger partial charge in [0.2, 0.25) is 6.79 Å². The molecular weight excluding hydrogens is 328 g/mol. The number of aryl methyl sites for hydroxylation is 1. The van der Waals surface area contributed by atoms with Gasteiger partial charge in [-0.05, 0) is 30.7 Å². The minimum Gasteiger partial charge on any atom is -0.454 e. The van der Waals surface area contributed by atoms with Crippen molar-refractivity contribution in [3.63, 3.8) is 0 Å². The van der Waals surface area contributed by atoms with E-state index in [2.05, 4.69) is 10.3 Å². The van der Waals surface area contributed by atoms with Gasteiger partial charge >= 0.3 is 0 Å². The minimum absolute atomic E-state index is 0.140. The number of hydrogen-bond acceptors (Lipinski definition) is 3. The second-order valence-electron chi connectivity index (χ2n) is 5.66. The summed E-state index contributed by atoms with van der Waals surface area (Å²) in [5, 5.41) is 4.37. The van der Waals surface area contributed by atoms with E-state index in [1.165, 1.54) is 0 Å². The first-order valence-corrected chi connectivity index (χ1v) is 7.95. The first-order chi connectivity index (χ1) is 11.6. The third-order valence-electron chi connectivity index (χ3n) is 4.09. The highest BCUT2D eigenvalue weighted by Gasteiger charge is 2.18. The lowest BCUT2D eigenvalue weighted by Gasteiger charge is -2.07. The zero-order valence-electron chi connectivity index (χ0n) is 13.0. The predicted octanol–water partition coefficient (Wildman–Crippen LogP) is 3.79. The molecule has 0 radical (unpaired) electrons. The van der Waals surface area contributed by atoms with E-state index in [0.29, 0.717) is 22.9 Å². The minimum atomic E-state index is -0.140. The molecule has 24 heavy (non-hydrogen) atoms. The van der Waals surface area contributed by atoms with Gasteiger partial charge in [0, 0.05) is 17.6 Å². The van der Waals surface area contributed by atoms with Gasteiger partial charge in [-0.15, -0.1) is 0 Å². The summed E-state index contributed by atoms with van der Waals surface area (Å²) in [7, 11) is 0. The number of amides is 1. The molecule has 0 aliphatic carbocycles. The molecule has 3 aromatic rings. The molecule has 2 N–H and O–H groups in total. The number of carbonyl (C=O) groups is 1. The first kappa shape index (κ1) is 14.9. The molecule has 1 aliphatic rings. The van der Waals surface area contributed by atoms with Crippen LogP contribution in [0.25, 0.3) is 10.9 Å². The molecule has 2 heterocycles. The lowest BCUT2D eigenvalue weighted by molar-refractivity contribution is 0.0952. The number of nitrogens with one attached hydrogen (secondary N) is 2. The van der Waals surface area contributed by atoms with Crippen LogP contribution in [0.15, 0.2) is 36.4 Å². The number of benzene rings is 2. The van der Waals surface area contributed by atoms with Crippen molar-refractivity contribution in [2.24, 2.45) is 0 Å². The van der Waals surface area contributed by atoms with Crippen molar-refractivity contribution in [1.82, 2.24) is 10.3 Å². The van der Waals surface area contributed by atoms with Crippen molar-refractivity contribution in [3.05, 3.63) is 58.2 Å². The zero-order valence-corrected chi connectivity index (χ0v) is 13.7. The molecule has 6 heteroatoms. The number of para-hydroxylation sites is 1. The van der Waals surface area contributed by atoms with Crippen LogP contribution in [0.3, 0.4) is 0 Å². The Balaban J connectivity index is 1.57. The van der Waals surface area contributed by atoms with Crippen LogP contribution in [-0.4, -0.2) is 17.7 Å². The maximum Gasteiger partial charge on any atom is 0.253 e. The molecule has 5 nitrogen and oxygen atoms in total. The molecule has 0 spiro atoms. The molecule has 122 valence electrons. The molecule has 0 fully saturated rings. The van der Waals surface area contributed by atoms with Crippen molar-refractivity contribution in [1.29, 1.82) is 0 Å². The Morgan fingerprint density at radius 3 is 2.96 bits per heavy atom. The average molecular weight is 343 g/mol. The van der Waals surface area contributed by atoms with Gasteiger partial charge in [0.1, 0.15) is 0 Å². The monoisotopic (exact) mass is 342 g/mol. The summed E-state index contributed by atoms with van der Waals surface area (Å²) in [6.07, 6.45) is 0. The fraction of sp³-hybridized carbons (Fsp3) is 0.167. The van der Waals surface area contributed by atoms with E-state index in [1.54, 1.807) is 6.07 Å². The number of aromatic amines is 1. The van der Waals surface area contributed by atoms with Crippen LogP contribution < -0.4 is 14.8 Å². The van der Waals surface area contributed by atoms with Crippen molar-refractivity contribution in [2.45, 2.75) is 13.5 Å². The van der Waals surface area contributed by atoms with Gasteiger partial charge in [-0.1, -0.05) is 29.8 Å². The Bertz CT molecular complexity index is 949. The highest BCUT2D eigenvalue weighted by molar-refractivity contribution is 6.35. The highest BCUT2D eigenvalue weighted by atomic mass is 35.5. The molecule has 1 amide bonds. The van der Waals surface area contributed by atoms with Crippen LogP contribution in [0.4, 0.5) is 0 Å². The molecular formula is C18H15ClN2O3. The summed E-state index contributed by atoms with van der Waals surface area (Å²) < 4.78 is 10.6. The van der Waals surface area contributed by atoms with E-state index >= 15 is 0 Å². The van der Waals surface area contributed by atoms with E-state index in [4.69, 9.17) is 21.1 Å². The first-order valence-electron chi connectivity index (χ1n) is 7.57. The van der Waals surface area contributed by atoms with Crippen molar-refractivity contribution >= 4 is 28.4 Å². The highest BCUT2D eigenvalue weighted by Crippen LogP contribution is 2.32. The summed E-state index contributed by atoms with van der Waals surface area (Å²) in [6.45, 7) is 2.51. The van der Waals surface area contributed by atoms with E-state index in [-0.39, 0.29) is 12.7 Å². The van der Waals surface area contributed by atoms with Gasteiger partial charge in [-0.2, -0.15) is 0 Å². The molecule has 0 saturated carbocycles. The van der Waals surface area contributed by atoms with Crippen LogP contribution in [0.5, 0.6) is 11.5 Å². The van der Waals surface area contributed by atoms with E-state index < -0.39 is 0 Å². The largest absolute Gasteiger partial charge is 0.454 e. The lowest BCUT2D eigenvalue weighted by Crippen LogP contribution is -2.23. The second-order valence-corrected chi connectivity index (χ2v) is 6.06. The van der Waals surface area contributed by atoms with Crippen molar-refractivity contribution in [2.75, 3.05) is 6.79 Å². The maximum absolute atomic E-state index is 12.6. The molecule has 0 bridgehead atoms. The summed E-state index contributed by atoms with van der Waals surface area (Å²) in [5.74, 6) is 1.29. The molecule has 4 rings (SSSR count). The molecule has 2 aromatic carbocycles. The summed E-state index contributed by atoms with van der Waals surface area (Å²) in [5.41, 5.74) is 3.14. The Morgan fingerprint density at radius 2 is 2.08 bits per heavy atom. The molecule has 1 aliphatic heterocycles. The Morgan fingerprint density at radius 1 is 1.25 bits per heavy atom. The maximum atomic E-state index is 12.6. The van der Waals surface area contributed by atoms with Gasteiger partial charge in [0.15, 0.2) is 11.5 Å². The van der Waals surface area contributed by atoms with Crippen LogP contribution in [0, 0.1) is 6.92 Å². The topological polar surface area (TPSA) is 63.4 Å². The Hall–Kier alpha value is -2.66. The van der Waals surface area contributed by atoms with Crippen LogP contribution in [0.2, 0.25) is 5.02 Å². The van der Waals surface area contributed by atoms with E-state index in [1.807, 2.05) is 37.3 Å². The summed E-state index contributed by atoms with van der Waals surface area (Å²) in [6, 6.07) is 11.2. The van der Waals surface area contributed by atoms with Gasteiger partial charge < -0.3 is 19.8 Å². The fourth-order valence-corrected chi connectivity index (χ4v) is 3.15. The number of ether oxygens (including phenoxy) is 2. The van der Waals surface area contributed by atoms with Crippen LogP contribution in [-0.2, 0) is 6.54 Å². The average Bonchev–Trinajstić information content (AvgIpc) is 3.16. The molecule has 0 saturated heterocycles. The van der Waals surface area contributed by atoms with Gasteiger partial charge in [0.05, 0.1) is 16.1 Å². The van der Waals surface area contributed by atoms with E-state index in [0.717, 1.165) is 27.9 Å². The Kier molecular flexibility index (Phi) is 3.58. The number of rotatable bonds is 3. The van der Waals surface area contributed by atoms with Gasteiger partial charge in [0.25, 0.3) is 5.91 Å².